The molecule has 2 aromatic heterocycles. The fraction of sp³-hybridized carbons (Fsp3) is 0.292. The van der Waals surface area contributed by atoms with E-state index in [1.54, 1.807) is 16.8 Å². The zero-order valence-electron chi connectivity index (χ0n) is 18.9. The summed E-state index contributed by atoms with van der Waals surface area (Å²) in [5, 5.41) is 18.9. The number of hydrogen-bond donors (Lipinski definition) is 1. The van der Waals surface area contributed by atoms with Gasteiger partial charge in [-0.15, -0.1) is 0 Å². The number of allylic oxidation sites excluding steroid dienone is 3. The standard InChI is InChI=1S/C24H24F2N4O2Si/c1-16-12-21(28-30(16)14-17-6-5-7-19(13-17)24(25,26)15-31)23-27-22(29-32-23)18-8-10-20(11-9-18)33(2,3)4/h6,8-13,31H,14-15H2,1-4H3. The van der Waals surface area contributed by atoms with E-state index in [1.807, 2.05) is 19.1 Å². The monoisotopic (exact) mass is 466 g/mol. The van der Waals surface area contributed by atoms with Gasteiger partial charge in [0.2, 0.25) is 5.82 Å². The lowest BCUT2D eigenvalue weighted by atomic mass is 10.0. The maximum absolute atomic E-state index is 13.8. The summed E-state index contributed by atoms with van der Waals surface area (Å²) in [5.74, 6) is -2.62. The lowest BCUT2D eigenvalue weighted by molar-refractivity contribution is -0.0125. The van der Waals surface area contributed by atoms with Gasteiger partial charge in [-0.25, -0.2) is 0 Å². The molecule has 0 unspecified atom stereocenters. The first-order valence-corrected chi connectivity index (χ1v) is 14.0. The van der Waals surface area contributed by atoms with Crippen molar-refractivity contribution in [3.8, 4) is 23.0 Å². The molecule has 3 aromatic rings. The lowest BCUT2D eigenvalue weighted by Gasteiger charge is -2.16. The van der Waals surface area contributed by atoms with Crippen molar-refractivity contribution in [1.29, 1.82) is 0 Å². The molecule has 0 fully saturated rings. The van der Waals surface area contributed by atoms with Crippen molar-refractivity contribution < 1.29 is 18.4 Å². The summed E-state index contributed by atoms with van der Waals surface area (Å²) in [6.07, 6.45) is 2.86. The van der Waals surface area contributed by atoms with Gasteiger partial charge in [-0.05, 0) is 30.7 Å². The molecule has 1 aliphatic carbocycles. The van der Waals surface area contributed by atoms with E-state index in [4.69, 9.17) is 9.63 Å². The predicted octanol–water partition coefficient (Wildman–Crippen LogP) is 4.26. The molecule has 9 heteroatoms. The number of hydrogen-bond acceptors (Lipinski definition) is 5. The van der Waals surface area contributed by atoms with Crippen LogP contribution >= 0.6 is 0 Å². The molecule has 0 bridgehead atoms. The van der Waals surface area contributed by atoms with Gasteiger partial charge in [-0.2, -0.15) is 18.9 Å². The number of aromatic nitrogens is 4. The fourth-order valence-electron chi connectivity index (χ4n) is 3.35. The van der Waals surface area contributed by atoms with Gasteiger partial charge in [-0.3, -0.25) is 4.68 Å². The van der Waals surface area contributed by atoms with Crippen molar-refractivity contribution in [2.24, 2.45) is 0 Å². The summed E-state index contributed by atoms with van der Waals surface area (Å²) in [7, 11) is -1.39. The number of nitrogens with zero attached hydrogens (tertiary/aromatic N) is 4. The fourth-order valence-corrected chi connectivity index (χ4v) is 4.52. The number of halogens is 2. The first-order chi connectivity index (χ1) is 15.6. The molecule has 0 atom stereocenters. The molecule has 6 nitrogen and oxygen atoms in total. The number of aryl methyl sites for hydroxylation is 1. The Kier molecular flexibility index (Phi) is 5.90. The molecule has 0 radical (unpaired) electrons. The van der Waals surface area contributed by atoms with Gasteiger partial charge in [0.15, 0.2) is 5.69 Å². The number of aliphatic hydroxyl groups is 1. The van der Waals surface area contributed by atoms with E-state index >= 15 is 0 Å². The maximum atomic E-state index is 13.8. The molecule has 170 valence electrons. The SMILES string of the molecule is Cc1cc(-c2nc(-c3ccc([Si](C)(C)C)cc3)no2)nn1CC1=CC(C(F)(F)CO)=C=C=C1. The van der Waals surface area contributed by atoms with Gasteiger partial charge < -0.3 is 9.63 Å². The Morgan fingerprint density at radius 2 is 1.91 bits per heavy atom. The minimum absolute atomic E-state index is 0.241. The largest absolute Gasteiger partial charge is 0.390 e. The van der Waals surface area contributed by atoms with Crippen LogP contribution in [-0.4, -0.2) is 45.6 Å². The van der Waals surface area contributed by atoms with E-state index in [9.17, 15) is 8.78 Å². The van der Waals surface area contributed by atoms with Crippen LogP contribution in [0, 0.1) is 6.92 Å². The van der Waals surface area contributed by atoms with E-state index in [2.05, 4.69) is 58.5 Å². The van der Waals surface area contributed by atoms with E-state index in [-0.39, 0.29) is 12.4 Å². The van der Waals surface area contributed by atoms with Gasteiger partial charge in [0.05, 0.1) is 20.2 Å². The van der Waals surface area contributed by atoms with E-state index in [0.29, 0.717) is 17.1 Å². The van der Waals surface area contributed by atoms with Crippen molar-refractivity contribution in [3.63, 3.8) is 0 Å². The predicted molar refractivity (Wildman–Crippen MR) is 124 cm³/mol. The summed E-state index contributed by atoms with van der Waals surface area (Å²) in [6, 6.07) is 10.0. The molecule has 1 aliphatic rings. The minimum Gasteiger partial charge on any atom is -0.390 e. The zero-order chi connectivity index (χ0) is 23.8. The Morgan fingerprint density at radius 3 is 2.58 bits per heavy atom. The summed E-state index contributed by atoms with van der Waals surface area (Å²) in [4.78, 5) is 4.48. The topological polar surface area (TPSA) is 77.0 Å². The van der Waals surface area contributed by atoms with E-state index < -0.39 is 26.2 Å². The lowest BCUT2D eigenvalue weighted by Crippen LogP contribution is -2.37. The van der Waals surface area contributed by atoms with Crippen LogP contribution in [0.3, 0.4) is 0 Å². The highest BCUT2D eigenvalue weighted by Crippen LogP contribution is 2.27. The second-order valence-electron chi connectivity index (χ2n) is 8.99. The number of rotatable bonds is 7. The van der Waals surface area contributed by atoms with E-state index in [1.165, 1.54) is 11.3 Å². The van der Waals surface area contributed by atoms with Crippen LogP contribution in [0.1, 0.15) is 5.69 Å². The zero-order valence-corrected chi connectivity index (χ0v) is 19.9. The number of benzene rings is 1. The molecule has 0 saturated carbocycles. The van der Waals surface area contributed by atoms with Crippen molar-refractivity contribution in [3.05, 3.63) is 70.8 Å². The highest BCUT2D eigenvalue weighted by atomic mass is 28.3. The average Bonchev–Trinajstić information content (AvgIpc) is 3.41. The maximum Gasteiger partial charge on any atom is 0.303 e. The Labute approximate surface area is 191 Å². The molecule has 33 heavy (non-hydrogen) atoms. The third kappa shape index (κ3) is 4.87. The molecule has 0 amide bonds. The molecule has 4 rings (SSSR count). The number of aliphatic hydroxyl groups excluding tert-OH is 1. The van der Waals surface area contributed by atoms with Gasteiger partial charge in [0.1, 0.15) is 6.61 Å². The van der Waals surface area contributed by atoms with Gasteiger partial charge in [0.25, 0.3) is 5.89 Å². The molecule has 0 aliphatic heterocycles. The molecule has 1 aromatic carbocycles. The van der Waals surface area contributed by atoms with Gasteiger partial charge in [0, 0.05) is 11.3 Å². The van der Waals surface area contributed by atoms with Crippen LogP contribution in [0.25, 0.3) is 23.0 Å². The third-order valence-corrected chi connectivity index (χ3v) is 7.42. The molecule has 2 heterocycles. The second kappa shape index (κ2) is 8.54. The Bertz CT molecular complexity index is 1320. The first kappa shape index (κ1) is 22.8. The normalized spacial score (nSPS) is 13.9. The number of alkyl halides is 2. The minimum atomic E-state index is -3.37. The third-order valence-electron chi connectivity index (χ3n) is 5.35. The van der Waals surface area contributed by atoms with Crippen molar-refractivity contribution in [2.45, 2.75) is 39.0 Å². The molecular weight excluding hydrogens is 442 g/mol. The van der Waals surface area contributed by atoms with Crippen LogP contribution < -0.4 is 5.19 Å². The molecule has 1 N–H and O–H groups in total. The summed E-state index contributed by atoms with van der Waals surface area (Å²) >= 11 is 0. The average molecular weight is 467 g/mol. The van der Waals surface area contributed by atoms with Gasteiger partial charge in [-0.1, -0.05) is 65.7 Å². The summed E-state index contributed by atoms with van der Waals surface area (Å²) < 4.78 is 34.7. The van der Waals surface area contributed by atoms with Crippen molar-refractivity contribution in [2.75, 3.05) is 6.61 Å². The molecule has 0 saturated heterocycles. The van der Waals surface area contributed by atoms with Crippen LogP contribution in [0.2, 0.25) is 19.6 Å². The van der Waals surface area contributed by atoms with Crippen molar-refractivity contribution in [1.82, 2.24) is 19.9 Å². The van der Waals surface area contributed by atoms with Crippen LogP contribution in [0.5, 0.6) is 0 Å². The van der Waals surface area contributed by atoms with Gasteiger partial charge >= 0.3 is 5.92 Å². The van der Waals surface area contributed by atoms with Crippen LogP contribution in [0.15, 0.2) is 69.6 Å². The molecule has 0 spiro atoms. The Morgan fingerprint density at radius 1 is 1.18 bits per heavy atom. The van der Waals surface area contributed by atoms with Crippen molar-refractivity contribution >= 4 is 13.3 Å². The Hall–Kier alpha value is -3.35. The summed E-state index contributed by atoms with van der Waals surface area (Å²) in [6.45, 7) is 7.68. The first-order valence-electron chi connectivity index (χ1n) is 10.5. The highest BCUT2D eigenvalue weighted by Gasteiger charge is 2.33. The van der Waals surface area contributed by atoms with Crippen LogP contribution in [-0.2, 0) is 6.54 Å². The van der Waals surface area contributed by atoms with E-state index in [0.717, 1.165) is 11.3 Å². The van der Waals surface area contributed by atoms with Crippen LogP contribution in [0.4, 0.5) is 8.78 Å². The summed E-state index contributed by atoms with van der Waals surface area (Å²) in [5.41, 5.74) is 7.26. The Balaban J connectivity index is 1.54. The smallest absolute Gasteiger partial charge is 0.303 e. The quantitative estimate of drug-likeness (QED) is 0.416. The second-order valence-corrected chi connectivity index (χ2v) is 14.1. The molecular formula is C24H24F2N4O2Si. The highest BCUT2D eigenvalue weighted by molar-refractivity contribution is 6.88.